The van der Waals surface area contributed by atoms with E-state index in [0.717, 1.165) is 5.56 Å². The van der Waals surface area contributed by atoms with Gasteiger partial charge in [0.1, 0.15) is 18.1 Å². The molecule has 1 aromatic carbocycles. The first-order chi connectivity index (χ1) is 15.6. The van der Waals surface area contributed by atoms with Crippen LogP contribution in [0, 0.1) is 5.92 Å². The van der Waals surface area contributed by atoms with Crippen LogP contribution in [-0.2, 0) is 25.6 Å². The van der Waals surface area contributed by atoms with Crippen LogP contribution < -0.4 is 21.7 Å². The van der Waals surface area contributed by atoms with Gasteiger partial charge in [0, 0.05) is 6.42 Å². The summed E-state index contributed by atoms with van der Waals surface area (Å²) in [6.07, 6.45) is 2.92. The minimum absolute atomic E-state index is 0.214. The van der Waals surface area contributed by atoms with Gasteiger partial charge < -0.3 is 26.8 Å². The molecule has 33 heavy (non-hydrogen) atoms. The molecule has 1 aromatic rings. The Labute approximate surface area is 199 Å². The molecule has 184 valence electrons. The second-order valence-electron chi connectivity index (χ2n) is 8.09. The summed E-state index contributed by atoms with van der Waals surface area (Å²) in [6, 6.07) is 5.41. The molecule has 0 heterocycles. The van der Waals surface area contributed by atoms with Crippen LogP contribution >= 0.6 is 11.8 Å². The molecule has 0 bridgehead atoms. The number of thioether (sulfide) groups is 1. The van der Waals surface area contributed by atoms with Gasteiger partial charge >= 0.3 is 5.97 Å². The van der Waals surface area contributed by atoms with Crippen LogP contribution in [-0.4, -0.2) is 65.0 Å². The highest BCUT2D eigenvalue weighted by molar-refractivity contribution is 7.98. The number of carboxylic acid groups (broad SMARTS) is 1. The normalized spacial score (nSPS) is 15.4. The smallest absolute Gasteiger partial charge is 0.326 e. The van der Waals surface area contributed by atoms with Gasteiger partial charge in [-0.3, -0.25) is 14.4 Å². The molecule has 0 saturated carbocycles. The Balaban J connectivity index is 3.05. The van der Waals surface area contributed by atoms with E-state index in [9.17, 15) is 24.3 Å². The second-order valence-corrected chi connectivity index (χ2v) is 9.08. The number of nitrogens with two attached hydrogens (primary N) is 1. The molecule has 0 aromatic heterocycles. The molecule has 3 amide bonds. The zero-order chi connectivity index (χ0) is 25.0. The lowest BCUT2D eigenvalue weighted by Crippen LogP contribution is -2.59. The topological polar surface area (TPSA) is 151 Å². The maximum Gasteiger partial charge on any atom is 0.326 e. The molecule has 1 rings (SSSR count). The van der Waals surface area contributed by atoms with Crippen molar-refractivity contribution in [2.75, 3.05) is 12.0 Å². The van der Waals surface area contributed by atoms with Crippen LogP contribution in [0.3, 0.4) is 0 Å². The van der Waals surface area contributed by atoms with E-state index in [1.807, 2.05) is 43.5 Å². The largest absolute Gasteiger partial charge is 0.480 e. The molecule has 0 aliphatic heterocycles. The number of hydrogen-bond acceptors (Lipinski definition) is 6. The van der Waals surface area contributed by atoms with Gasteiger partial charge in [-0.25, -0.2) is 4.79 Å². The molecule has 0 spiro atoms. The highest BCUT2D eigenvalue weighted by Gasteiger charge is 2.32. The third-order valence-electron chi connectivity index (χ3n) is 5.35. The number of carbonyl (C=O) groups is 4. The van der Waals surface area contributed by atoms with E-state index < -0.39 is 47.9 Å². The first kappa shape index (κ1) is 28.4. The summed E-state index contributed by atoms with van der Waals surface area (Å²) in [5.74, 6) is -2.41. The van der Waals surface area contributed by atoms with Gasteiger partial charge in [0.2, 0.25) is 17.7 Å². The summed E-state index contributed by atoms with van der Waals surface area (Å²) in [4.78, 5) is 49.9. The summed E-state index contributed by atoms with van der Waals surface area (Å²) < 4.78 is 0. The van der Waals surface area contributed by atoms with Gasteiger partial charge in [0.15, 0.2) is 0 Å². The monoisotopic (exact) mass is 480 g/mol. The van der Waals surface area contributed by atoms with Gasteiger partial charge in [-0.05, 0) is 36.8 Å². The predicted molar refractivity (Wildman–Crippen MR) is 130 cm³/mol. The fourth-order valence-electron chi connectivity index (χ4n) is 3.07. The predicted octanol–water partition coefficient (Wildman–Crippen LogP) is 0.915. The molecule has 9 nitrogen and oxygen atoms in total. The van der Waals surface area contributed by atoms with Gasteiger partial charge in [-0.1, -0.05) is 50.6 Å². The number of nitrogens with one attached hydrogen (secondary N) is 3. The van der Waals surface area contributed by atoms with E-state index >= 15 is 0 Å². The minimum Gasteiger partial charge on any atom is -0.480 e. The molecule has 0 fully saturated rings. The van der Waals surface area contributed by atoms with E-state index in [1.165, 1.54) is 18.7 Å². The lowest BCUT2D eigenvalue weighted by atomic mass is 9.96. The molecule has 5 unspecified atom stereocenters. The number of carboxylic acids is 1. The third-order valence-corrected chi connectivity index (χ3v) is 5.99. The third kappa shape index (κ3) is 9.83. The van der Waals surface area contributed by atoms with Gasteiger partial charge in [0.05, 0.1) is 6.04 Å². The number of benzene rings is 1. The SMILES string of the molecule is CCC(C)C(NC(=O)C(Cc1ccccc1)NC(=O)C(C)N)C(=O)NC(CCSC)C(=O)O. The Hall–Kier alpha value is -2.59. The standard InChI is InChI=1S/C23H36N4O5S/c1-5-14(2)19(22(30)25-17(23(31)32)11-12-33-4)27-21(29)18(26-20(28)15(3)24)13-16-9-7-6-8-10-16/h6-10,14-15,17-19H,5,11-13,24H2,1-4H3,(H,25,30)(H,26,28)(H,27,29)(H,31,32). The molecule has 10 heteroatoms. The maximum absolute atomic E-state index is 13.2. The number of carbonyl (C=O) groups excluding carboxylic acids is 3. The fourth-order valence-corrected chi connectivity index (χ4v) is 3.54. The number of rotatable bonds is 14. The van der Waals surface area contributed by atoms with E-state index in [4.69, 9.17) is 5.73 Å². The van der Waals surface area contributed by atoms with Crippen LogP contribution in [0.4, 0.5) is 0 Å². The van der Waals surface area contributed by atoms with E-state index in [-0.39, 0.29) is 18.8 Å². The summed E-state index contributed by atoms with van der Waals surface area (Å²) in [6.45, 7) is 5.19. The first-order valence-electron chi connectivity index (χ1n) is 11.0. The highest BCUT2D eigenvalue weighted by atomic mass is 32.2. The van der Waals surface area contributed by atoms with Crippen LogP contribution in [0.2, 0.25) is 0 Å². The van der Waals surface area contributed by atoms with Crippen LogP contribution in [0.1, 0.15) is 39.2 Å². The number of aliphatic carboxylic acids is 1. The number of hydrogen-bond donors (Lipinski definition) is 5. The summed E-state index contributed by atoms with van der Waals surface area (Å²) in [7, 11) is 0. The van der Waals surface area contributed by atoms with Crippen molar-refractivity contribution in [3.05, 3.63) is 35.9 Å². The van der Waals surface area contributed by atoms with Crippen molar-refractivity contribution < 1.29 is 24.3 Å². The van der Waals surface area contributed by atoms with E-state index in [1.54, 1.807) is 6.92 Å². The van der Waals surface area contributed by atoms with Gasteiger partial charge in [-0.15, -0.1) is 0 Å². The zero-order valence-electron chi connectivity index (χ0n) is 19.7. The molecule has 0 aliphatic carbocycles. The van der Waals surface area contributed by atoms with Gasteiger partial charge in [-0.2, -0.15) is 11.8 Å². The second kappa shape index (κ2) is 14.5. The molecular formula is C23H36N4O5S. The van der Waals surface area contributed by atoms with Crippen molar-refractivity contribution in [1.29, 1.82) is 0 Å². The first-order valence-corrected chi connectivity index (χ1v) is 12.4. The van der Waals surface area contributed by atoms with E-state index in [2.05, 4.69) is 16.0 Å². The Kier molecular flexibility index (Phi) is 12.5. The van der Waals surface area contributed by atoms with Crippen molar-refractivity contribution in [2.45, 2.75) is 64.2 Å². The number of amides is 3. The Bertz CT molecular complexity index is 790. The average Bonchev–Trinajstić information content (AvgIpc) is 2.79. The summed E-state index contributed by atoms with van der Waals surface area (Å²) in [5, 5.41) is 17.4. The van der Waals surface area contributed by atoms with Crippen molar-refractivity contribution in [1.82, 2.24) is 16.0 Å². The molecule has 0 aliphatic rings. The summed E-state index contributed by atoms with van der Waals surface area (Å²) in [5.41, 5.74) is 6.48. The molecule has 0 radical (unpaired) electrons. The van der Waals surface area contributed by atoms with Crippen LogP contribution in [0.25, 0.3) is 0 Å². The Morgan fingerprint density at radius 2 is 1.58 bits per heavy atom. The maximum atomic E-state index is 13.2. The molecule has 6 N–H and O–H groups in total. The fraction of sp³-hybridized carbons (Fsp3) is 0.565. The van der Waals surface area contributed by atoms with Crippen molar-refractivity contribution in [3.8, 4) is 0 Å². The Morgan fingerprint density at radius 3 is 2.09 bits per heavy atom. The molecule has 5 atom stereocenters. The Morgan fingerprint density at radius 1 is 0.970 bits per heavy atom. The van der Waals surface area contributed by atoms with Crippen LogP contribution in [0.5, 0.6) is 0 Å². The minimum atomic E-state index is -1.13. The summed E-state index contributed by atoms with van der Waals surface area (Å²) >= 11 is 1.48. The molecule has 0 saturated heterocycles. The van der Waals surface area contributed by atoms with E-state index in [0.29, 0.717) is 12.2 Å². The zero-order valence-corrected chi connectivity index (χ0v) is 20.5. The van der Waals surface area contributed by atoms with Crippen molar-refractivity contribution in [3.63, 3.8) is 0 Å². The van der Waals surface area contributed by atoms with Crippen LogP contribution in [0.15, 0.2) is 30.3 Å². The van der Waals surface area contributed by atoms with Crippen molar-refractivity contribution in [2.24, 2.45) is 11.7 Å². The quantitative estimate of drug-likeness (QED) is 0.266. The lowest BCUT2D eigenvalue weighted by Gasteiger charge is -2.28. The molecular weight excluding hydrogens is 444 g/mol. The van der Waals surface area contributed by atoms with Crippen molar-refractivity contribution >= 4 is 35.5 Å². The average molecular weight is 481 g/mol. The van der Waals surface area contributed by atoms with Gasteiger partial charge in [0.25, 0.3) is 0 Å². The lowest BCUT2D eigenvalue weighted by molar-refractivity contribution is -0.142. The highest BCUT2D eigenvalue weighted by Crippen LogP contribution is 2.11.